The summed E-state index contributed by atoms with van der Waals surface area (Å²) >= 11 is 0. The van der Waals surface area contributed by atoms with E-state index in [1.807, 2.05) is 42.5 Å². The predicted molar refractivity (Wildman–Crippen MR) is 95.4 cm³/mol. The van der Waals surface area contributed by atoms with Gasteiger partial charge in [0.05, 0.1) is 7.11 Å². The van der Waals surface area contributed by atoms with Crippen LogP contribution in [0.5, 0.6) is 17.2 Å². The number of hydrogen-bond acceptors (Lipinski definition) is 5. The van der Waals surface area contributed by atoms with Crippen LogP contribution in [0.15, 0.2) is 42.5 Å². The number of hydrogen-bond donors (Lipinski definition) is 2. The van der Waals surface area contributed by atoms with Crippen molar-refractivity contribution < 1.29 is 19.0 Å². The molecule has 0 spiro atoms. The molecule has 0 aliphatic carbocycles. The molecule has 0 aromatic heterocycles. The summed E-state index contributed by atoms with van der Waals surface area (Å²) in [6.07, 6.45) is 0.379. The first kappa shape index (κ1) is 17.0. The fraction of sp³-hybridized carbons (Fsp3) is 0.316. The maximum atomic E-state index is 12.0. The molecule has 1 aliphatic rings. The van der Waals surface area contributed by atoms with E-state index in [1.165, 1.54) is 0 Å². The number of para-hydroxylation sites is 1. The summed E-state index contributed by atoms with van der Waals surface area (Å²) < 4.78 is 16.3. The van der Waals surface area contributed by atoms with Gasteiger partial charge in [0.1, 0.15) is 19.0 Å². The van der Waals surface area contributed by atoms with Crippen LogP contribution in [-0.4, -0.2) is 32.8 Å². The van der Waals surface area contributed by atoms with Crippen LogP contribution in [0.25, 0.3) is 0 Å². The number of ether oxygens (including phenoxy) is 3. The summed E-state index contributed by atoms with van der Waals surface area (Å²) in [7, 11) is 1.62. The summed E-state index contributed by atoms with van der Waals surface area (Å²) in [5.74, 6) is 2.25. The molecule has 1 amide bonds. The quantitative estimate of drug-likeness (QED) is 0.809. The van der Waals surface area contributed by atoms with Crippen molar-refractivity contribution in [1.29, 1.82) is 0 Å². The minimum atomic E-state index is -0.0176. The van der Waals surface area contributed by atoms with Gasteiger partial charge in [-0.1, -0.05) is 18.2 Å². The topological polar surface area (TPSA) is 68.8 Å². The van der Waals surface area contributed by atoms with Gasteiger partial charge in [0.15, 0.2) is 11.5 Å². The van der Waals surface area contributed by atoms with Gasteiger partial charge in [-0.3, -0.25) is 4.79 Å². The van der Waals surface area contributed by atoms with E-state index in [1.54, 1.807) is 7.11 Å². The number of carbonyl (C=O) groups excluding carboxylic acids is 1. The van der Waals surface area contributed by atoms with E-state index in [0.29, 0.717) is 32.7 Å². The minimum Gasteiger partial charge on any atom is -0.496 e. The van der Waals surface area contributed by atoms with E-state index in [-0.39, 0.29) is 5.91 Å². The predicted octanol–water partition coefficient (Wildman–Crippen LogP) is 2.58. The first-order valence-corrected chi connectivity index (χ1v) is 8.28. The fourth-order valence-corrected chi connectivity index (χ4v) is 2.60. The lowest BCUT2D eigenvalue weighted by atomic mass is 10.2. The largest absolute Gasteiger partial charge is 0.496 e. The molecular formula is C19H22N2O4. The third-order valence-corrected chi connectivity index (χ3v) is 3.89. The van der Waals surface area contributed by atoms with Gasteiger partial charge in [0, 0.05) is 36.8 Å². The van der Waals surface area contributed by atoms with Gasteiger partial charge < -0.3 is 24.8 Å². The number of fused-ring (bicyclic) bond motifs is 1. The Morgan fingerprint density at radius 1 is 1.12 bits per heavy atom. The summed E-state index contributed by atoms with van der Waals surface area (Å²) in [5.41, 5.74) is 1.86. The molecule has 25 heavy (non-hydrogen) atoms. The zero-order chi connectivity index (χ0) is 17.5. The van der Waals surface area contributed by atoms with Crippen molar-refractivity contribution in [3.63, 3.8) is 0 Å². The van der Waals surface area contributed by atoms with Crippen molar-refractivity contribution in [1.82, 2.24) is 5.32 Å². The SMILES string of the molecule is COc1ccccc1CNC(=O)CCNc1ccc2c(c1)OCCO2. The van der Waals surface area contributed by atoms with Gasteiger partial charge in [-0.2, -0.15) is 0 Å². The second-order valence-corrected chi connectivity index (χ2v) is 5.62. The second kappa shape index (κ2) is 8.28. The first-order valence-electron chi connectivity index (χ1n) is 8.28. The van der Waals surface area contributed by atoms with Crippen LogP contribution in [0, 0.1) is 0 Å². The number of methoxy groups -OCH3 is 1. The molecule has 0 radical (unpaired) electrons. The zero-order valence-electron chi connectivity index (χ0n) is 14.2. The molecule has 2 aromatic rings. The zero-order valence-corrected chi connectivity index (χ0v) is 14.2. The van der Waals surface area contributed by atoms with Crippen LogP contribution in [0.3, 0.4) is 0 Å². The van der Waals surface area contributed by atoms with Crippen molar-refractivity contribution in [3.8, 4) is 17.2 Å². The van der Waals surface area contributed by atoms with E-state index < -0.39 is 0 Å². The number of amides is 1. The van der Waals surface area contributed by atoms with Gasteiger partial charge in [-0.05, 0) is 18.2 Å². The fourth-order valence-electron chi connectivity index (χ4n) is 2.60. The van der Waals surface area contributed by atoms with Crippen LogP contribution in [0.1, 0.15) is 12.0 Å². The monoisotopic (exact) mass is 342 g/mol. The average molecular weight is 342 g/mol. The van der Waals surface area contributed by atoms with Crippen molar-refractivity contribution in [2.24, 2.45) is 0 Å². The summed E-state index contributed by atoms with van der Waals surface area (Å²) in [6, 6.07) is 13.3. The van der Waals surface area contributed by atoms with Crippen LogP contribution in [0.4, 0.5) is 5.69 Å². The van der Waals surface area contributed by atoms with E-state index >= 15 is 0 Å². The molecule has 0 atom stereocenters. The van der Waals surface area contributed by atoms with Gasteiger partial charge in [0.25, 0.3) is 0 Å². The summed E-state index contributed by atoms with van der Waals surface area (Å²) in [6.45, 7) is 2.12. The van der Waals surface area contributed by atoms with E-state index in [0.717, 1.165) is 28.5 Å². The van der Waals surface area contributed by atoms with Crippen LogP contribution >= 0.6 is 0 Å². The summed E-state index contributed by atoms with van der Waals surface area (Å²) in [4.78, 5) is 12.0. The molecule has 0 saturated carbocycles. The molecule has 1 heterocycles. The van der Waals surface area contributed by atoms with E-state index in [4.69, 9.17) is 14.2 Å². The third-order valence-electron chi connectivity index (χ3n) is 3.89. The molecule has 0 saturated heterocycles. The Bertz CT molecular complexity index is 733. The lowest BCUT2D eigenvalue weighted by molar-refractivity contribution is -0.121. The maximum Gasteiger partial charge on any atom is 0.222 e. The normalized spacial score (nSPS) is 12.4. The molecule has 6 nitrogen and oxygen atoms in total. The van der Waals surface area contributed by atoms with Crippen LogP contribution in [0.2, 0.25) is 0 Å². The first-order chi connectivity index (χ1) is 12.3. The molecule has 132 valence electrons. The number of anilines is 1. The van der Waals surface area contributed by atoms with Gasteiger partial charge in [-0.25, -0.2) is 0 Å². The third kappa shape index (κ3) is 4.56. The van der Waals surface area contributed by atoms with Crippen LogP contribution in [-0.2, 0) is 11.3 Å². The molecule has 0 fully saturated rings. The van der Waals surface area contributed by atoms with Gasteiger partial charge >= 0.3 is 0 Å². The Balaban J connectivity index is 1.43. The highest BCUT2D eigenvalue weighted by Gasteiger charge is 2.11. The highest BCUT2D eigenvalue weighted by molar-refractivity contribution is 5.76. The Hall–Kier alpha value is -2.89. The van der Waals surface area contributed by atoms with Crippen LogP contribution < -0.4 is 24.8 Å². The molecule has 0 bridgehead atoms. The lowest BCUT2D eigenvalue weighted by Crippen LogP contribution is -2.25. The Morgan fingerprint density at radius 2 is 1.92 bits per heavy atom. The van der Waals surface area contributed by atoms with Crippen molar-refractivity contribution in [2.45, 2.75) is 13.0 Å². The minimum absolute atomic E-state index is 0.0176. The Labute approximate surface area is 147 Å². The Morgan fingerprint density at radius 3 is 2.76 bits per heavy atom. The molecule has 1 aliphatic heterocycles. The maximum absolute atomic E-state index is 12.0. The highest BCUT2D eigenvalue weighted by Crippen LogP contribution is 2.32. The summed E-state index contributed by atoms with van der Waals surface area (Å²) in [5, 5.41) is 6.13. The number of rotatable bonds is 7. The number of nitrogens with one attached hydrogen (secondary N) is 2. The molecule has 2 N–H and O–H groups in total. The van der Waals surface area contributed by atoms with Crippen molar-refractivity contribution >= 4 is 11.6 Å². The van der Waals surface area contributed by atoms with Crippen molar-refractivity contribution in [2.75, 3.05) is 32.2 Å². The van der Waals surface area contributed by atoms with Crippen molar-refractivity contribution in [3.05, 3.63) is 48.0 Å². The lowest BCUT2D eigenvalue weighted by Gasteiger charge is -2.19. The Kier molecular flexibility index (Phi) is 5.61. The standard InChI is InChI=1S/C19H22N2O4/c1-23-16-5-3-2-4-14(16)13-21-19(22)8-9-20-15-6-7-17-18(12-15)25-11-10-24-17/h2-7,12,20H,8-11,13H2,1H3,(H,21,22). The molecule has 0 unspecified atom stereocenters. The highest BCUT2D eigenvalue weighted by atomic mass is 16.6. The smallest absolute Gasteiger partial charge is 0.222 e. The molecule has 6 heteroatoms. The van der Waals surface area contributed by atoms with Gasteiger partial charge in [-0.15, -0.1) is 0 Å². The van der Waals surface area contributed by atoms with Gasteiger partial charge in [0.2, 0.25) is 5.91 Å². The second-order valence-electron chi connectivity index (χ2n) is 5.62. The number of benzene rings is 2. The number of carbonyl (C=O) groups is 1. The van der Waals surface area contributed by atoms with E-state index in [9.17, 15) is 4.79 Å². The average Bonchev–Trinajstić information content (AvgIpc) is 2.66. The molecular weight excluding hydrogens is 320 g/mol. The molecule has 2 aromatic carbocycles. The van der Waals surface area contributed by atoms with E-state index in [2.05, 4.69) is 10.6 Å². The molecule has 3 rings (SSSR count).